The van der Waals surface area contributed by atoms with Crippen LogP contribution in [-0.2, 0) is 4.79 Å². The molecule has 2 aromatic carbocycles. The van der Waals surface area contributed by atoms with E-state index in [9.17, 15) is 9.59 Å². The second-order valence-electron chi connectivity index (χ2n) is 8.36. The van der Waals surface area contributed by atoms with E-state index in [-0.39, 0.29) is 17.9 Å². The maximum atomic E-state index is 12.8. The van der Waals surface area contributed by atoms with E-state index in [0.717, 1.165) is 31.2 Å². The highest BCUT2D eigenvalue weighted by Gasteiger charge is 2.28. The van der Waals surface area contributed by atoms with Crippen LogP contribution in [0.15, 0.2) is 48.5 Å². The number of nitrogens with two attached hydrogens (primary N) is 1. The van der Waals surface area contributed by atoms with E-state index in [1.807, 2.05) is 43.1 Å². The van der Waals surface area contributed by atoms with Crippen molar-refractivity contribution in [2.75, 3.05) is 21.1 Å². The second kappa shape index (κ2) is 9.63. The van der Waals surface area contributed by atoms with Gasteiger partial charge in [-0.1, -0.05) is 35.9 Å². The van der Waals surface area contributed by atoms with Crippen molar-refractivity contribution in [3.63, 3.8) is 0 Å². The smallest absolute Gasteiger partial charge is 0.253 e. The molecule has 0 bridgehead atoms. The summed E-state index contributed by atoms with van der Waals surface area (Å²) in [7, 11) is 5.60. The summed E-state index contributed by atoms with van der Waals surface area (Å²) in [6.07, 6.45) is 4.03. The molecule has 1 atom stereocenters. The van der Waals surface area contributed by atoms with Gasteiger partial charge in [-0.05, 0) is 81.1 Å². The Morgan fingerprint density at radius 3 is 2.00 bits per heavy atom. The van der Waals surface area contributed by atoms with Crippen LogP contribution in [0.4, 0.5) is 0 Å². The fraction of sp³-hybridized carbons (Fsp3) is 0.417. The van der Waals surface area contributed by atoms with Crippen LogP contribution in [0.1, 0.15) is 59.1 Å². The average molecular weight is 428 g/mol. The van der Waals surface area contributed by atoms with Gasteiger partial charge in [-0.15, -0.1) is 0 Å². The normalized spacial score (nSPS) is 20.0. The lowest BCUT2D eigenvalue weighted by Crippen LogP contribution is -2.39. The van der Waals surface area contributed by atoms with Gasteiger partial charge in [-0.3, -0.25) is 14.5 Å². The zero-order valence-corrected chi connectivity index (χ0v) is 18.6. The summed E-state index contributed by atoms with van der Waals surface area (Å²) in [6.45, 7) is 0. The lowest BCUT2D eigenvalue weighted by Gasteiger charge is -2.35. The molecule has 2 amide bonds. The topological polar surface area (TPSA) is 66.6 Å². The van der Waals surface area contributed by atoms with Crippen molar-refractivity contribution in [2.45, 2.75) is 43.7 Å². The first-order valence-electron chi connectivity index (χ1n) is 10.4. The second-order valence-corrected chi connectivity index (χ2v) is 8.80. The van der Waals surface area contributed by atoms with Crippen molar-refractivity contribution in [1.82, 2.24) is 9.80 Å². The summed E-state index contributed by atoms with van der Waals surface area (Å²) < 4.78 is 0. The number of halogens is 1. The largest absolute Gasteiger partial charge is 0.368 e. The lowest BCUT2D eigenvalue weighted by molar-refractivity contribution is -0.122. The van der Waals surface area contributed by atoms with Crippen LogP contribution < -0.4 is 5.73 Å². The molecule has 0 radical (unpaired) electrons. The van der Waals surface area contributed by atoms with E-state index in [0.29, 0.717) is 16.5 Å². The third-order valence-corrected chi connectivity index (χ3v) is 6.42. The molecule has 1 saturated carbocycles. The van der Waals surface area contributed by atoms with E-state index in [2.05, 4.69) is 12.1 Å². The lowest BCUT2D eigenvalue weighted by atomic mass is 9.81. The van der Waals surface area contributed by atoms with Crippen molar-refractivity contribution < 1.29 is 9.59 Å². The zero-order chi connectivity index (χ0) is 21.8. The van der Waals surface area contributed by atoms with Crippen molar-refractivity contribution in [2.24, 2.45) is 5.73 Å². The van der Waals surface area contributed by atoms with Crippen LogP contribution in [-0.4, -0.2) is 48.8 Å². The first-order chi connectivity index (χ1) is 14.3. The summed E-state index contributed by atoms with van der Waals surface area (Å²) in [4.78, 5) is 28.2. The standard InChI is InChI=1S/C24H30ClN3O2/c1-27(2)22(23(26)29)18-6-4-16(5-7-18)17-10-14-21(15-11-17)28(3)24(30)19-8-12-20(25)13-9-19/h4-9,12-13,17,21-22H,10-11,14-15H2,1-3H3,(H2,26,29). The van der Waals surface area contributed by atoms with E-state index < -0.39 is 6.04 Å². The van der Waals surface area contributed by atoms with Crippen LogP contribution in [0, 0.1) is 0 Å². The fourth-order valence-electron chi connectivity index (χ4n) is 4.43. The number of primary amides is 1. The van der Waals surface area contributed by atoms with Gasteiger partial charge < -0.3 is 10.6 Å². The Balaban J connectivity index is 1.60. The molecule has 2 N–H and O–H groups in total. The molecule has 5 nitrogen and oxygen atoms in total. The maximum absolute atomic E-state index is 12.8. The number of hydrogen-bond acceptors (Lipinski definition) is 3. The summed E-state index contributed by atoms with van der Waals surface area (Å²) >= 11 is 5.93. The summed E-state index contributed by atoms with van der Waals surface area (Å²) in [5.74, 6) is 0.169. The van der Waals surface area contributed by atoms with Crippen molar-refractivity contribution in [3.05, 3.63) is 70.2 Å². The molecule has 2 aromatic rings. The Morgan fingerprint density at radius 2 is 1.50 bits per heavy atom. The Bertz CT molecular complexity index is 872. The number of benzene rings is 2. The van der Waals surface area contributed by atoms with Gasteiger partial charge in [0.05, 0.1) is 0 Å². The van der Waals surface area contributed by atoms with Crippen molar-refractivity contribution >= 4 is 23.4 Å². The number of nitrogens with zero attached hydrogens (tertiary/aromatic N) is 2. The maximum Gasteiger partial charge on any atom is 0.253 e. The number of amides is 2. The average Bonchev–Trinajstić information content (AvgIpc) is 2.73. The molecule has 30 heavy (non-hydrogen) atoms. The highest BCUT2D eigenvalue weighted by Crippen LogP contribution is 2.35. The zero-order valence-electron chi connectivity index (χ0n) is 17.8. The van der Waals surface area contributed by atoms with Gasteiger partial charge >= 0.3 is 0 Å². The quantitative estimate of drug-likeness (QED) is 0.750. The molecular formula is C24H30ClN3O2. The van der Waals surface area contributed by atoms with Gasteiger partial charge in [0.1, 0.15) is 6.04 Å². The monoisotopic (exact) mass is 427 g/mol. The Hall–Kier alpha value is -2.37. The summed E-state index contributed by atoms with van der Waals surface area (Å²) in [5, 5.41) is 0.633. The number of hydrogen-bond donors (Lipinski definition) is 1. The third kappa shape index (κ3) is 5.02. The summed E-state index contributed by atoms with van der Waals surface area (Å²) in [6, 6.07) is 15.1. The molecule has 1 aliphatic carbocycles. The third-order valence-electron chi connectivity index (χ3n) is 6.17. The fourth-order valence-corrected chi connectivity index (χ4v) is 4.55. The highest BCUT2D eigenvalue weighted by molar-refractivity contribution is 6.30. The van der Waals surface area contributed by atoms with Crippen molar-refractivity contribution in [3.8, 4) is 0 Å². The SMILES string of the molecule is CN(C)C(C(N)=O)c1ccc(C2CCC(N(C)C(=O)c3ccc(Cl)cc3)CC2)cc1. The van der Waals surface area contributed by atoms with Gasteiger partial charge in [0.25, 0.3) is 5.91 Å². The molecule has 0 aromatic heterocycles. The molecular weight excluding hydrogens is 398 g/mol. The Labute approximate surface area is 183 Å². The molecule has 1 unspecified atom stereocenters. The Morgan fingerprint density at radius 1 is 0.933 bits per heavy atom. The first kappa shape index (κ1) is 22.3. The van der Waals surface area contributed by atoms with Gasteiger partial charge in [0.2, 0.25) is 5.91 Å². The molecule has 0 saturated heterocycles. The van der Waals surface area contributed by atoms with Crippen LogP contribution in [0.3, 0.4) is 0 Å². The van der Waals surface area contributed by atoms with Gasteiger partial charge in [0.15, 0.2) is 0 Å². The molecule has 3 rings (SSSR count). The minimum absolute atomic E-state index is 0.0423. The number of carbonyl (C=O) groups is 2. The van der Waals surface area contributed by atoms with Crippen molar-refractivity contribution in [1.29, 1.82) is 0 Å². The minimum Gasteiger partial charge on any atom is -0.368 e. The van der Waals surface area contributed by atoms with Crippen LogP contribution >= 0.6 is 11.6 Å². The van der Waals surface area contributed by atoms with E-state index in [1.165, 1.54) is 5.56 Å². The number of likely N-dealkylation sites (N-methyl/N-ethyl adjacent to an activating group) is 1. The van der Waals surface area contributed by atoms with E-state index in [1.54, 1.807) is 24.3 Å². The molecule has 6 heteroatoms. The van der Waals surface area contributed by atoms with Crippen LogP contribution in [0.25, 0.3) is 0 Å². The predicted molar refractivity (Wildman–Crippen MR) is 121 cm³/mol. The van der Waals surface area contributed by atoms with Gasteiger partial charge in [-0.25, -0.2) is 0 Å². The van der Waals surface area contributed by atoms with E-state index >= 15 is 0 Å². The first-order valence-corrected chi connectivity index (χ1v) is 10.7. The van der Waals surface area contributed by atoms with Gasteiger partial charge in [-0.2, -0.15) is 0 Å². The number of rotatable bonds is 6. The highest BCUT2D eigenvalue weighted by atomic mass is 35.5. The predicted octanol–water partition coefficient (Wildman–Crippen LogP) is 4.23. The van der Waals surface area contributed by atoms with Gasteiger partial charge in [0, 0.05) is 23.7 Å². The Kier molecular flexibility index (Phi) is 7.16. The molecule has 0 aliphatic heterocycles. The molecule has 1 aliphatic rings. The molecule has 0 heterocycles. The van der Waals surface area contributed by atoms with Crippen LogP contribution in [0.2, 0.25) is 5.02 Å². The number of carbonyl (C=O) groups excluding carboxylic acids is 2. The summed E-state index contributed by atoms with van der Waals surface area (Å²) in [5.41, 5.74) is 8.42. The minimum atomic E-state index is -0.415. The van der Waals surface area contributed by atoms with Crippen LogP contribution in [0.5, 0.6) is 0 Å². The molecule has 1 fully saturated rings. The van der Waals surface area contributed by atoms with E-state index in [4.69, 9.17) is 17.3 Å². The molecule has 160 valence electrons. The molecule has 0 spiro atoms.